The molecule has 33 heavy (non-hydrogen) atoms. The van der Waals surface area contributed by atoms with Crippen molar-refractivity contribution >= 4 is 28.5 Å². The summed E-state index contributed by atoms with van der Waals surface area (Å²) in [6.45, 7) is 1.25. The Balaban J connectivity index is 1.80. The van der Waals surface area contributed by atoms with Gasteiger partial charge < -0.3 is 4.74 Å². The van der Waals surface area contributed by atoms with Gasteiger partial charge >= 0.3 is 5.97 Å². The highest BCUT2D eigenvalue weighted by molar-refractivity contribution is 8.01. The third kappa shape index (κ3) is 4.91. The number of hydrogen-bond acceptors (Lipinski definition) is 5. The summed E-state index contributed by atoms with van der Waals surface area (Å²) < 4.78 is 3.86. The van der Waals surface area contributed by atoms with Gasteiger partial charge in [0.2, 0.25) is 11.3 Å². The molecule has 0 unspecified atom stereocenters. The van der Waals surface area contributed by atoms with Gasteiger partial charge in [0, 0.05) is 9.82 Å². The van der Waals surface area contributed by atoms with Gasteiger partial charge in [-0.2, -0.15) is 0 Å². The van der Waals surface area contributed by atoms with Crippen molar-refractivity contribution < 1.29 is 14.5 Å². The van der Waals surface area contributed by atoms with Crippen LogP contribution in [0.2, 0.25) is 0 Å². The Morgan fingerprint density at radius 3 is 2.18 bits per heavy atom. The lowest BCUT2D eigenvalue weighted by molar-refractivity contribution is -0.484. The molecule has 166 valence electrons. The van der Waals surface area contributed by atoms with Crippen LogP contribution in [-0.4, -0.2) is 24.0 Å². The maximum atomic E-state index is 13.3. The predicted molar refractivity (Wildman–Crippen MR) is 132 cm³/mol. The van der Waals surface area contributed by atoms with Crippen molar-refractivity contribution in [2.45, 2.75) is 16.6 Å². The molecule has 4 aromatic carbocycles. The molecule has 0 fully saturated rings. The number of esters is 1. The fraction of sp³-hybridized carbons (Fsp3) is 0.148. The number of hydrogen-bond donors (Lipinski definition) is 0. The fourth-order valence-corrected chi connectivity index (χ4v) is 5.12. The average molecular weight is 458 g/mol. The summed E-state index contributed by atoms with van der Waals surface area (Å²) in [5.41, 5.74) is 2.53. The van der Waals surface area contributed by atoms with Gasteiger partial charge in [0.1, 0.15) is 0 Å². The molecular weight excluding hydrogens is 434 g/mol. The first kappa shape index (κ1) is 22.6. The molecule has 0 bridgehead atoms. The Kier molecular flexibility index (Phi) is 6.75. The number of benzene rings is 4. The molecule has 0 spiro atoms. The molecule has 0 aromatic heterocycles. The third-order valence-corrected chi connectivity index (χ3v) is 6.80. The lowest BCUT2D eigenvalue weighted by Crippen LogP contribution is -2.40. The van der Waals surface area contributed by atoms with E-state index in [-0.39, 0.29) is 6.61 Å². The Bertz CT molecular complexity index is 1270. The van der Waals surface area contributed by atoms with Gasteiger partial charge in [-0.15, -0.1) is 0 Å². The lowest BCUT2D eigenvalue weighted by atomic mass is 9.95. The molecule has 0 aliphatic heterocycles. The zero-order chi connectivity index (χ0) is 23.3. The van der Waals surface area contributed by atoms with Gasteiger partial charge in [-0.3, -0.25) is 10.1 Å². The molecule has 0 saturated heterocycles. The molecule has 4 aromatic rings. The van der Waals surface area contributed by atoms with Crippen LogP contribution in [0.3, 0.4) is 0 Å². The molecule has 0 amide bonds. The van der Waals surface area contributed by atoms with Crippen molar-refractivity contribution in [3.63, 3.8) is 0 Å². The maximum absolute atomic E-state index is 13.3. The number of rotatable bonds is 8. The van der Waals surface area contributed by atoms with Crippen LogP contribution in [0, 0.1) is 10.1 Å². The molecule has 6 heteroatoms. The zero-order valence-electron chi connectivity index (χ0n) is 18.1. The van der Waals surface area contributed by atoms with E-state index < -0.39 is 22.2 Å². The smallest absolute Gasteiger partial charge is 0.334 e. The second-order valence-electron chi connectivity index (χ2n) is 7.59. The van der Waals surface area contributed by atoms with Crippen LogP contribution in [0.1, 0.15) is 12.5 Å². The minimum Gasteiger partial charge on any atom is -0.464 e. The Labute approximate surface area is 196 Å². The third-order valence-electron chi connectivity index (χ3n) is 5.43. The molecule has 0 N–H and O–H groups in total. The molecule has 1 atom stereocenters. The maximum Gasteiger partial charge on any atom is 0.334 e. The molecule has 0 heterocycles. The van der Waals surface area contributed by atoms with Crippen LogP contribution in [0.15, 0.2) is 102 Å². The van der Waals surface area contributed by atoms with Crippen molar-refractivity contribution in [1.29, 1.82) is 0 Å². The van der Waals surface area contributed by atoms with E-state index in [0.29, 0.717) is 5.56 Å². The summed E-state index contributed by atoms with van der Waals surface area (Å²) in [7, 11) is 0. The predicted octanol–water partition coefficient (Wildman–Crippen LogP) is 6.33. The Morgan fingerprint density at radius 1 is 0.879 bits per heavy atom. The normalized spacial score (nSPS) is 12.8. The molecule has 0 aliphatic carbocycles. The second kappa shape index (κ2) is 9.88. The van der Waals surface area contributed by atoms with Crippen molar-refractivity contribution in [1.82, 2.24) is 0 Å². The largest absolute Gasteiger partial charge is 0.464 e. The summed E-state index contributed by atoms with van der Waals surface area (Å²) in [4.78, 5) is 25.4. The minimum atomic E-state index is -1.52. The van der Waals surface area contributed by atoms with E-state index in [1.54, 1.807) is 19.1 Å². The van der Waals surface area contributed by atoms with Crippen molar-refractivity contribution in [3.8, 4) is 11.1 Å². The first-order valence-electron chi connectivity index (χ1n) is 10.6. The molecule has 5 nitrogen and oxygen atoms in total. The molecule has 0 radical (unpaired) electrons. The molecule has 0 aliphatic rings. The van der Waals surface area contributed by atoms with Gasteiger partial charge in [0.05, 0.1) is 6.61 Å². The standard InChI is InChI=1S/C27H23NO4S/c1-2-32-26(29)27(19-28(30)31,33-25-17-14-21-10-6-7-11-23(21)18-25)24-15-12-22(13-16-24)20-8-4-3-5-9-20/h3-18H,2,19H2,1H3/t27-/m1/s1. The van der Waals surface area contributed by atoms with Crippen molar-refractivity contribution in [2.75, 3.05) is 13.2 Å². The van der Waals surface area contributed by atoms with Gasteiger partial charge in [0.25, 0.3) is 0 Å². The van der Waals surface area contributed by atoms with Crippen LogP contribution < -0.4 is 0 Å². The van der Waals surface area contributed by atoms with E-state index in [2.05, 4.69) is 0 Å². The van der Waals surface area contributed by atoms with Crippen LogP contribution in [0.5, 0.6) is 0 Å². The van der Waals surface area contributed by atoms with Gasteiger partial charge in [0.15, 0.2) is 0 Å². The topological polar surface area (TPSA) is 69.4 Å². The summed E-state index contributed by atoms with van der Waals surface area (Å²) >= 11 is 1.17. The number of thioether (sulfide) groups is 1. The van der Waals surface area contributed by atoms with Crippen LogP contribution in [0.4, 0.5) is 0 Å². The highest BCUT2D eigenvalue weighted by Crippen LogP contribution is 2.44. The van der Waals surface area contributed by atoms with E-state index in [1.165, 1.54) is 11.8 Å². The van der Waals surface area contributed by atoms with E-state index in [1.807, 2.05) is 84.9 Å². The number of nitrogens with zero attached hydrogens (tertiary/aromatic N) is 1. The first-order chi connectivity index (χ1) is 16.0. The molecule has 4 rings (SSSR count). The lowest BCUT2D eigenvalue weighted by Gasteiger charge is -2.28. The minimum absolute atomic E-state index is 0.138. The average Bonchev–Trinajstić information content (AvgIpc) is 2.84. The summed E-state index contributed by atoms with van der Waals surface area (Å²) in [6.07, 6.45) is 0. The molecule has 0 saturated carbocycles. The number of fused-ring (bicyclic) bond motifs is 1. The highest BCUT2D eigenvalue weighted by atomic mass is 32.2. The number of carbonyl (C=O) groups is 1. The summed E-state index contributed by atoms with van der Waals surface area (Å²) in [5, 5.41) is 13.8. The number of ether oxygens (including phenoxy) is 1. The molecular formula is C27H23NO4S. The van der Waals surface area contributed by atoms with E-state index in [0.717, 1.165) is 26.8 Å². The van der Waals surface area contributed by atoms with E-state index in [9.17, 15) is 14.9 Å². The summed E-state index contributed by atoms with van der Waals surface area (Å²) in [6, 6.07) is 30.9. The van der Waals surface area contributed by atoms with Crippen LogP contribution >= 0.6 is 11.8 Å². The van der Waals surface area contributed by atoms with Crippen LogP contribution in [0.25, 0.3) is 21.9 Å². The SMILES string of the molecule is CCOC(=O)[C@](C[N+](=O)[O-])(Sc1ccc2ccccc2c1)c1ccc(-c2ccccc2)cc1. The van der Waals surface area contributed by atoms with Crippen molar-refractivity contribution in [2.24, 2.45) is 0 Å². The number of nitro groups is 1. The van der Waals surface area contributed by atoms with Gasteiger partial charge in [-0.25, -0.2) is 4.79 Å². The van der Waals surface area contributed by atoms with E-state index >= 15 is 0 Å². The summed E-state index contributed by atoms with van der Waals surface area (Å²) in [5.74, 6) is -0.618. The highest BCUT2D eigenvalue weighted by Gasteiger charge is 2.48. The van der Waals surface area contributed by atoms with Crippen LogP contribution in [-0.2, 0) is 14.3 Å². The van der Waals surface area contributed by atoms with Gasteiger partial charge in [-0.05, 0) is 46.5 Å². The number of carbonyl (C=O) groups excluding carboxylic acids is 1. The second-order valence-corrected chi connectivity index (χ2v) is 8.97. The fourth-order valence-electron chi connectivity index (χ4n) is 3.83. The Morgan fingerprint density at radius 2 is 1.52 bits per heavy atom. The Hall–Kier alpha value is -3.64. The quantitative estimate of drug-likeness (QED) is 0.134. The monoisotopic (exact) mass is 457 g/mol. The zero-order valence-corrected chi connectivity index (χ0v) is 19.0. The van der Waals surface area contributed by atoms with Crippen molar-refractivity contribution in [3.05, 3.63) is 113 Å². The first-order valence-corrected chi connectivity index (χ1v) is 11.5. The van der Waals surface area contributed by atoms with Gasteiger partial charge in [-0.1, -0.05) is 96.7 Å². The van der Waals surface area contributed by atoms with E-state index in [4.69, 9.17) is 4.74 Å².